The van der Waals surface area contributed by atoms with E-state index >= 15 is 0 Å². The summed E-state index contributed by atoms with van der Waals surface area (Å²) in [5.74, 6) is 0. The standard InChI is InChI=1S/C3H4N2O.C3H9N/c6-3-1-2-4-5-3;1-3(2)4/h1-2H,(H2,4,5,6);3H,4H2,1-2H3. The monoisotopic (exact) mass is 143 g/mol. The summed E-state index contributed by atoms with van der Waals surface area (Å²) in [6.07, 6.45) is 1.54. The largest absolute Gasteiger partial charge is 0.328 e. The van der Waals surface area contributed by atoms with Crippen LogP contribution in [-0.4, -0.2) is 16.2 Å². The molecule has 0 saturated heterocycles. The summed E-state index contributed by atoms with van der Waals surface area (Å²) in [5.41, 5.74) is 5.02. The average Bonchev–Trinajstić information content (AvgIpc) is 2.15. The highest BCUT2D eigenvalue weighted by Gasteiger charge is 1.70. The molecule has 4 N–H and O–H groups in total. The third kappa shape index (κ3) is 6.97. The van der Waals surface area contributed by atoms with E-state index in [4.69, 9.17) is 5.73 Å². The second-order valence-corrected chi connectivity index (χ2v) is 2.21. The van der Waals surface area contributed by atoms with Crippen LogP contribution in [0.3, 0.4) is 0 Å². The van der Waals surface area contributed by atoms with Crippen molar-refractivity contribution < 1.29 is 0 Å². The third-order valence-electron chi connectivity index (χ3n) is 0.513. The Labute approximate surface area is 59.4 Å². The number of rotatable bonds is 0. The van der Waals surface area contributed by atoms with E-state index in [-0.39, 0.29) is 5.56 Å². The van der Waals surface area contributed by atoms with E-state index in [0.29, 0.717) is 6.04 Å². The van der Waals surface area contributed by atoms with Crippen LogP contribution in [-0.2, 0) is 0 Å². The van der Waals surface area contributed by atoms with Gasteiger partial charge in [-0.2, -0.15) is 0 Å². The molecule has 4 heteroatoms. The van der Waals surface area contributed by atoms with Gasteiger partial charge in [0.05, 0.1) is 0 Å². The maximum absolute atomic E-state index is 9.98. The number of hydrogen-bond donors (Lipinski definition) is 3. The lowest BCUT2D eigenvalue weighted by molar-refractivity contribution is 0.834. The molecule has 4 nitrogen and oxygen atoms in total. The summed E-state index contributed by atoms with van der Waals surface area (Å²) in [6, 6.07) is 1.75. The SMILES string of the molecule is CC(C)N.O=c1cc[nH][nH]1. The van der Waals surface area contributed by atoms with Crippen molar-refractivity contribution in [2.75, 3.05) is 0 Å². The molecule has 10 heavy (non-hydrogen) atoms. The van der Waals surface area contributed by atoms with Crippen molar-refractivity contribution in [1.82, 2.24) is 10.2 Å². The molecule has 0 aromatic carbocycles. The van der Waals surface area contributed by atoms with E-state index in [2.05, 4.69) is 10.2 Å². The van der Waals surface area contributed by atoms with Crippen molar-refractivity contribution in [3.05, 3.63) is 22.6 Å². The molecule has 0 radical (unpaired) electrons. The highest BCUT2D eigenvalue weighted by atomic mass is 16.1. The first-order chi connectivity index (χ1) is 4.63. The molecule has 0 saturated carbocycles. The van der Waals surface area contributed by atoms with Crippen LogP contribution in [0.4, 0.5) is 0 Å². The number of aromatic amines is 2. The Morgan fingerprint density at radius 3 is 2.20 bits per heavy atom. The molecule has 0 amide bonds. The van der Waals surface area contributed by atoms with Crippen LogP contribution in [0.5, 0.6) is 0 Å². The van der Waals surface area contributed by atoms with Crippen molar-refractivity contribution in [2.24, 2.45) is 5.73 Å². The molecule has 1 rings (SSSR count). The van der Waals surface area contributed by atoms with Gasteiger partial charge in [0.2, 0.25) is 0 Å². The molecule has 0 aliphatic carbocycles. The normalized spacial score (nSPS) is 8.80. The lowest BCUT2D eigenvalue weighted by atomic mass is 10.5. The number of aromatic nitrogens is 2. The molecule has 0 aliphatic heterocycles. The second kappa shape index (κ2) is 4.81. The van der Waals surface area contributed by atoms with Gasteiger partial charge in [-0.1, -0.05) is 13.8 Å². The first-order valence-corrected chi connectivity index (χ1v) is 3.10. The van der Waals surface area contributed by atoms with Crippen LogP contribution < -0.4 is 11.3 Å². The Bertz CT molecular complexity index is 181. The minimum absolute atomic E-state index is 0.0880. The van der Waals surface area contributed by atoms with Crippen LogP contribution in [0.15, 0.2) is 17.1 Å². The molecule has 0 unspecified atom stereocenters. The number of hydrogen-bond acceptors (Lipinski definition) is 2. The van der Waals surface area contributed by atoms with E-state index in [1.807, 2.05) is 13.8 Å². The van der Waals surface area contributed by atoms with Gasteiger partial charge in [-0.25, -0.2) is 0 Å². The topological polar surface area (TPSA) is 74.7 Å². The number of nitrogens with one attached hydrogen (secondary N) is 2. The highest BCUT2D eigenvalue weighted by molar-refractivity contribution is 4.75. The average molecular weight is 143 g/mol. The Morgan fingerprint density at radius 2 is 2.10 bits per heavy atom. The molecule has 1 aromatic heterocycles. The van der Waals surface area contributed by atoms with Gasteiger partial charge in [0, 0.05) is 12.3 Å². The summed E-state index contributed by atoms with van der Waals surface area (Å²) in [5, 5.41) is 4.81. The minimum atomic E-state index is -0.0880. The highest BCUT2D eigenvalue weighted by Crippen LogP contribution is 1.58. The van der Waals surface area contributed by atoms with Gasteiger partial charge >= 0.3 is 0 Å². The van der Waals surface area contributed by atoms with Gasteiger partial charge in [0.1, 0.15) is 0 Å². The summed E-state index contributed by atoms with van der Waals surface area (Å²) in [7, 11) is 0. The van der Waals surface area contributed by atoms with Crippen LogP contribution in [0.1, 0.15) is 13.8 Å². The summed E-state index contributed by atoms with van der Waals surface area (Å²) in [6.45, 7) is 3.89. The molecule has 58 valence electrons. The van der Waals surface area contributed by atoms with Gasteiger partial charge in [0.15, 0.2) is 0 Å². The first-order valence-electron chi connectivity index (χ1n) is 3.10. The van der Waals surface area contributed by atoms with E-state index in [0.717, 1.165) is 0 Å². The van der Waals surface area contributed by atoms with E-state index in [9.17, 15) is 4.79 Å². The van der Waals surface area contributed by atoms with E-state index in [1.165, 1.54) is 6.07 Å². The minimum Gasteiger partial charge on any atom is -0.328 e. The van der Waals surface area contributed by atoms with E-state index in [1.54, 1.807) is 6.20 Å². The van der Waals surface area contributed by atoms with Gasteiger partial charge in [-0.3, -0.25) is 9.89 Å². The molecule has 0 atom stereocenters. The number of H-pyrrole nitrogens is 2. The molecule has 0 aliphatic rings. The van der Waals surface area contributed by atoms with Gasteiger partial charge in [0.25, 0.3) is 5.56 Å². The Hall–Kier alpha value is -1.03. The smallest absolute Gasteiger partial charge is 0.263 e. The van der Waals surface area contributed by atoms with Crippen LogP contribution >= 0.6 is 0 Å². The fraction of sp³-hybridized carbons (Fsp3) is 0.500. The number of nitrogens with two attached hydrogens (primary N) is 1. The third-order valence-corrected chi connectivity index (χ3v) is 0.513. The Morgan fingerprint density at radius 1 is 1.60 bits per heavy atom. The predicted molar refractivity (Wildman–Crippen MR) is 40.7 cm³/mol. The summed E-state index contributed by atoms with van der Waals surface area (Å²) >= 11 is 0. The predicted octanol–water partition coefficient (Wildman–Crippen LogP) is 0.0565. The van der Waals surface area contributed by atoms with Gasteiger partial charge in [-0.05, 0) is 6.04 Å². The zero-order chi connectivity index (χ0) is 7.98. The maximum atomic E-state index is 9.98. The zero-order valence-electron chi connectivity index (χ0n) is 6.22. The lowest BCUT2D eigenvalue weighted by Crippen LogP contribution is -2.06. The van der Waals surface area contributed by atoms with Crippen LogP contribution in [0, 0.1) is 0 Å². The summed E-state index contributed by atoms with van der Waals surface area (Å²) in [4.78, 5) is 9.98. The van der Waals surface area contributed by atoms with Crippen molar-refractivity contribution in [1.29, 1.82) is 0 Å². The second-order valence-electron chi connectivity index (χ2n) is 2.21. The van der Waals surface area contributed by atoms with Crippen molar-refractivity contribution in [2.45, 2.75) is 19.9 Å². The molecular weight excluding hydrogens is 130 g/mol. The Kier molecular flexibility index (Phi) is 4.32. The Balaban J connectivity index is 0.000000180. The zero-order valence-corrected chi connectivity index (χ0v) is 6.22. The molecule has 0 fully saturated rings. The van der Waals surface area contributed by atoms with Crippen LogP contribution in [0.2, 0.25) is 0 Å². The molecule has 1 heterocycles. The van der Waals surface area contributed by atoms with Crippen LogP contribution in [0.25, 0.3) is 0 Å². The quantitative estimate of drug-likeness (QED) is 0.480. The van der Waals surface area contributed by atoms with Gasteiger partial charge in [-0.15, -0.1) is 0 Å². The van der Waals surface area contributed by atoms with Gasteiger partial charge < -0.3 is 10.8 Å². The summed E-state index contributed by atoms with van der Waals surface area (Å²) < 4.78 is 0. The van der Waals surface area contributed by atoms with E-state index < -0.39 is 0 Å². The first kappa shape index (κ1) is 8.97. The molecule has 0 spiro atoms. The van der Waals surface area contributed by atoms with Crippen molar-refractivity contribution in [3.63, 3.8) is 0 Å². The maximum Gasteiger partial charge on any atom is 0.263 e. The molecule has 0 bridgehead atoms. The molecular formula is C6H13N3O. The fourth-order valence-electron chi connectivity index (χ4n) is 0.272. The molecule has 1 aromatic rings. The fourth-order valence-corrected chi connectivity index (χ4v) is 0.272. The van der Waals surface area contributed by atoms with Crippen molar-refractivity contribution >= 4 is 0 Å². The lowest BCUT2D eigenvalue weighted by Gasteiger charge is -1.81. The van der Waals surface area contributed by atoms with Crippen molar-refractivity contribution in [3.8, 4) is 0 Å².